The molecule has 1 heterocycles. The largest absolute Gasteiger partial charge is 0.497 e. The Hall–Kier alpha value is -2.83. The first-order valence-corrected chi connectivity index (χ1v) is 7.16. The Balaban J connectivity index is 2.07. The zero-order chi connectivity index (χ0) is 16.8. The molecule has 0 aliphatic heterocycles. The summed E-state index contributed by atoms with van der Waals surface area (Å²) in [4.78, 5) is 26.1. The number of rotatable bonds is 6. The van der Waals surface area contributed by atoms with Gasteiger partial charge < -0.3 is 19.5 Å². The van der Waals surface area contributed by atoms with Gasteiger partial charge in [-0.25, -0.2) is 0 Å². The molecule has 0 atom stereocenters. The number of amides is 2. The zero-order valence-electron chi connectivity index (χ0n) is 13.3. The minimum absolute atomic E-state index is 0.0740. The van der Waals surface area contributed by atoms with E-state index in [-0.39, 0.29) is 24.4 Å². The van der Waals surface area contributed by atoms with Crippen molar-refractivity contribution in [3.63, 3.8) is 0 Å². The number of carbonyl (C=O) groups excluding carboxylic acids is 2. The summed E-state index contributed by atoms with van der Waals surface area (Å²) in [7, 11) is 1.56. The molecule has 7 nitrogen and oxygen atoms in total. The summed E-state index contributed by atoms with van der Waals surface area (Å²) in [6.07, 6.45) is 1.36. The van der Waals surface area contributed by atoms with Crippen molar-refractivity contribution in [2.75, 3.05) is 19.0 Å². The highest BCUT2D eigenvalue weighted by molar-refractivity contribution is 5.99. The standard InChI is InChI=1S/C16H19N3O4/c1-11(2)19(10-15(20)17-14-8-9-23-18-14)16(21)12-4-6-13(22-3)7-5-12/h4-9,11H,10H2,1-3H3,(H,17,18,20). The molecule has 7 heteroatoms. The van der Waals surface area contributed by atoms with E-state index in [1.807, 2.05) is 13.8 Å². The number of hydrogen-bond donors (Lipinski definition) is 1. The molecule has 0 spiro atoms. The van der Waals surface area contributed by atoms with Crippen LogP contribution in [0.3, 0.4) is 0 Å². The summed E-state index contributed by atoms with van der Waals surface area (Å²) < 4.78 is 9.72. The number of hydrogen-bond acceptors (Lipinski definition) is 5. The van der Waals surface area contributed by atoms with Crippen molar-refractivity contribution in [3.8, 4) is 5.75 Å². The predicted molar refractivity (Wildman–Crippen MR) is 84.3 cm³/mol. The van der Waals surface area contributed by atoms with Gasteiger partial charge in [0.25, 0.3) is 5.91 Å². The number of anilines is 1. The fourth-order valence-electron chi connectivity index (χ4n) is 2.00. The van der Waals surface area contributed by atoms with E-state index in [9.17, 15) is 9.59 Å². The minimum atomic E-state index is -0.338. The van der Waals surface area contributed by atoms with Gasteiger partial charge in [-0.2, -0.15) is 0 Å². The van der Waals surface area contributed by atoms with E-state index in [2.05, 4.69) is 15.0 Å². The molecule has 0 aliphatic carbocycles. The topological polar surface area (TPSA) is 84.7 Å². The molecular weight excluding hydrogens is 298 g/mol. The third-order valence-electron chi connectivity index (χ3n) is 3.24. The van der Waals surface area contributed by atoms with Crippen molar-refractivity contribution in [2.45, 2.75) is 19.9 Å². The maximum Gasteiger partial charge on any atom is 0.254 e. The quantitative estimate of drug-likeness (QED) is 0.882. The monoisotopic (exact) mass is 317 g/mol. The van der Waals surface area contributed by atoms with Gasteiger partial charge in [0, 0.05) is 17.7 Å². The molecule has 0 saturated heterocycles. The Labute approximate surface area is 134 Å². The highest BCUT2D eigenvalue weighted by Gasteiger charge is 2.22. The molecule has 0 radical (unpaired) electrons. The van der Waals surface area contributed by atoms with Crippen LogP contribution in [-0.4, -0.2) is 41.6 Å². The summed E-state index contributed by atoms with van der Waals surface area (Å²) in [5.41, 5.74) is 0.494. The van der Waals surface area contributed by atoms with Crippen LogP contribution in [0.5, 0.6) is 5.75 Å². The van der Waals surface area contributed by atoms with Crippen molar-refractivity contribution in [2.24, 2.45) is 0 Å². The van der Waals surface area contributed by atoms with E-state index >= 15 is 0 Å². The second-order valence-corrected chi connectivity index (χ2v) is 5.19. The van der Waals surface area contributed by atoms with Crippen LogP contribution in [0.1, 0.15) is 24.2 Å². The molecule has 0 saturated carbocycles. The van der Waals surface area contributed by atoms with Gasteiger partial charge >= 0.3 is 0 Å². The van der Waals surface area contributed by atoms with Crippen LogP contribution in [0.15, 0.2) is 41.1 Å². The number of carbonyl (C=O) groups is 2. The summed E-state index contributed by atoms with van der Waals surface area (Å²) >= 11 is 0. The van der Waals surface area contributed by atoms with Gasteiger partial charge in [0.15, 0.2) is 5.82 Å². The van der Waals surface area contributed by atoms with Gasteiger partial charge in [-0.1, -0.05) is 5.16 Å². The number of aromatic nitrogens is 1. The van der Waals surface area contributed by atoms with Crippen molar-refractivity contribution >= 4 is 17.6 Å². The Kier molecular flexibility index (Phi) is 5.35. The van der Waals surface area contributed by atoms with Gasteiger partial charge in [-0.05, 0) is 38.1 Å². The van der Waals surface area contributed by atoms with Crippen LogP contribution in [-0.2, 0) is 4.79 Å². The first-order valence-electron chi connectivity index (χ1n) is 7.16. The molecule has 0 unspecified atom stereocenters. The first kappa shape index (κ1) is 16.5. The minimum Gasteiger partial charge on any atom is -0.497 e. The zero-order valence-corrected chi connectivity index (χ0v) is 13.3. The SMILES string of the molecule is COc1ccc(C(=O)N(CC(=O)Nc2ccon2)C(C)C)cc1. The lowest BCUT2D eigenvalue weighted by molar-refractivity contribution is -0.117. The third-order valence-corrected chi connectivity index (χ3v) is 3.24. The average Bonchev–Trinajstić information content (AvgIpc) is 3.04. The second kappa shape index (κ2) is 7.44. The van der Waals surface area contributed by atoms with Crippen LogP contribution < -0.4 is 10.1 Å². The summed E-state index contributed by atoms with van der Waals surface area (Å²) in [5, 5.41) is 6.18. The van der Waals surface area contributed by atoms with Gasteiger partial charge in [0.2, 0.25) is 5.91 Å². The molecule has 0 fully saturated rings. The Morgan fingerprint density at radius 1 is 1.26 bits per heavy atom. The molecule has 2 amide bonds. The number of methoxy groups -OCH3 is 1. The Morgan fingerprint density at radius 3 is 2.48 bits per heavy atom. The molecule has 1 aromatic carbocycles. The molecule has 0 aliphatic rings. The van der Waals surface area contributed by atoms with Crippen LogP contribution in [0.4, 0.5) is 5.82 Å². The van der Waals surface area contributed by atoms with Crippen LogP contribution in [0.2, 0.25) is 0 Å². The summed E-state index contributed by atoms with van der Waals surface area (Å²) in [6, 6.07) is 8.16. The highest BCUT2D eigenvalue weighted by atomic mass is 16.5. The Morgan fingerprint density at radius 2 is 1.96 bits per heavy atom. The maximum atomic E-state index is 12.6. The maximum absolute atomic E-state index is 12.6. The third kappa shape index (κ3) is 4.32. The van der Waals surface area contributed by atoms with Gasteiger partial charge in [0.05, 0.1) is 7.11 Å². The Bertz CT molecular complexity index is 650. The van der Waals surface area contributed by atoms with E-state index in [1.54, 1.807) is 31.4 Å². The van der Waals surface area contributed by atoms with Gasteiger partial charge in [0.1, 0.15) is 18.6 Å². The lowest BCUT2D eigenvalue weighted by Crippen LogP contribution is -2.42. The van der Waals surface area contributed by atoms with Crippen LogP contribution >= 0.6 is 0 Å². The lowest BCUT2D eigenvalue weighted by atomic mass is 10.1. The van der Waals surface area contributed by atoms with Crippen molar-refractivity contribution in [1.29, 1.82) is 0 Å². The van der Waals surface area contributed by atoms with Crippen LogP contribution in [0.25, 0.3) is 0 Å². The molecule has 23 heavy (non-hydrogen) atoms. The molecule has 2 aromatic rings. The second-order valence-electron chi connectivity index (χ2n) is 5.19. The summed E-state index contributed by atoms with van der Waals surface area (Å²) in [6.45, 7) is 3.63. The van der Waals surface area contributed by atoms with E-state index in [4.69, 9.17) is 4.74 Å². The summed E-state index contributed by atoms with van der Waals surface area (Å²) in [5.74, 6) is 0.421. The number of benzene rings is 1. The van der Waals surface area contributed by atoms with E-state index < -0.39 is 0 Å². The van der Waals surface area contributed by atoms with E-state index in [0.29, 0.717) is 17.1 Å². The van der Waals surface area contributed by atoms with E-state index in [0.717, 1.165) is 0 Å². The number of ether oxygens (including phenoxy) is 1. The van der Waals surface area contributed by atoms with Crippen molar-refractivity contribution < 1.29 is 18.8 Å². The molecule has 122 valence electrons. The molecule has 0 bridgehead atoms. The van der Waals surface area contributed by atoms with Gasteiger partial charge in [-0.15, -0.1) is 0 Å². The van der Waals surface area contributed by atoms with Gasteiger partial charge in [-0.3, -0.25) is 9.59 Å². The predicted octanol–water partition coefficient (Wildman–Crippen LogP) is 2.17. The average molecular weight is 317 g/mol. The van der Waals surface area contributed by atoms with E-state index in [1.165, 1.54) is 17.2 Å². The molecule has 1 aromatic heterocycles. The number of nitrogens with zero attached hydrogens (tertiary/aromatic N) is 2. The van der Waals surface area contributed by atoms with Crippen LogP contribution in [0, 0.1) is 0 Å². The normalized spacial score (nSPS) is 10.4. The molecule has 1 N–H and O–H groups in total. The first-order chi connectivity index (χ1) is 11.0. The fourth-order valence-corrected chi connectivity index (χ4v) is 2.00. The lowest BCUT2D eigenvalue weighted by Gasteiger charge is -2.26. The number of nitrogens with one attached hydrogen (secondary N) is 1. The molecular formula is C16H19N3O4. The van der Waals surface area contributed by atoms with Crippen molar-refractivity contribution in [1.82, 2.24) is 10.1 Å². The highest BCUT2D eigenvalue weighted by Crippen LogP contribution is 2.14. The van der Waals surface area contributed by atoms with Crippen molar-refractivity contribution in [3.05, 3.63) is 42.2 Å². The fraction of sp³-hybridized carbons (Fsp3) is 0.312. The smallest absolute Gasteiger partial charge is 0.254 e. The molecule has 2 rings (SSSR count).